The second kappa shape index (κ2) is 3.31. The maximum Gasteiger partial charge on any atom is 0.360 e. The van der Waals surface area contributed by atoms with E-state index in [1.54, 1.807) is 0 Å². The van der Waals surface area contributed by atoms with Gasteiger partial charge in [0.25, 0.3) is 0 Å². The molecule has 0 saturated heterocycles. The van der Waals surface area contributed by atoms with Gasteiger partial charge in [-0.2, -0.15) is 0 Å². The van der Waals surface area contributed by atoms with Gasteiger partial charge in [-0.05, 0) is 0 Å². The van der Waals surface area contributed by atoms with Crippen molar-refractivity contribution in [3.8, 4) is 0 Å². The quantitative estimate of drug-likeness (QED) is 0.470. The Morgan fingerprint density at radius 3 is 1.64 bits per heavy atom. The molecule has 1 atom stereocenters. The number of hydrogen-bond donors (Lipinski definition) is 4. The van der Waals surface area contributed by atoms with E-state index in [0.29, 0.717) is 0 Å². The summed E-state index contributed by atoms with van der Waals surface area (Å²) in [4.78, 5) is 32.2. The average molecular weight is 208 g/mol. The Morgan fingerprint density at radius 2 is 1.55 bits per heavy atom. The Bertz CT molecular complexity index is 215. The van der Waals surface area contributed by atoms with Crippen molar-refractivity contribution in [2.45, 2.75) is 5.91 Å². The van der Waals surface area contributed by atoms with Crippen LogP contribution in [0.15, 0.2) is 0 Å². The molecule has 9 heteroatoms. The van der Waals surface area contributed by atoms with Crippen molar-refractivity contribution in [3.05, 3.63) is 0 Å². The zero-order chi connectivity index (χ0) is 9.28. The lowest BCUT2D eigenvalue weighted by molar-refractivity contribution is 0.297. The van der Waals surface area contributed by atoms with E-state index < -0.39 is 27.3 Å². The summed E-state index contributed by atoms with van der Waals surface area (Å²) in [6.45, 7) is 0. The predicted molar refractivity (Wildman–Crippen MR) is 33.9 cm³/mol. The molecule has 0 aliphatic rings. The topological polar surface area (TPSA) is 115 Å². The van der Waals surface area contributed by atoms with Crippen molar-refractivity contribution in [2.24, 2.45) is 0 Å². The summed E-state index contributed by atoms with van der Waals surface area (Å²) in [7, 11) is -9.70. The maximum absolute atomic E-state index is 12.2. The second-order valence-electron chi connectivity index (χ2n) is 1.87. The lowest BCUT2D eigenvalue weighted by Gasteiger charge is -2.10. The summed E-state index contributed by atoms with van der Waals surface area (Å²) >= 11 is 0. The van der Waals surface area contributed by atoms with Crippen molar-refractivity contribution in [1.29, 1.82) is 0 Å². The molecule has 0 aromatic carbocycles. The molecule has 0 heterocycles. The van der Waals surface area contributed by atoms with E-state index in [1.807, 2.05) is 0 Å². The predicted octanol–water partition coefficient (Wildman–Crippen LogP) is -0.363. The van der Waals surface area contributed by atoms with E-state index in [9.17, 15) is 13.5 Å². The number of halogens is 1. The highest BCUT2D eigenvalue weighted by Crippen LogP contribution is 2.49. The average Bonchev–Trinajstić information content (AvgIpc) is 1.56. The molecule has 68 valence electrons. The highest BCUT2D eigenvalue weighted by atomic mass is 31.2. The zero-order valence-electron chi connectivity index (χ0n) is 5.16. The molecule has 0 radical (unpaired) electrons. The van der Waals surface area contributed by atoms with Gasteiger partial charge in [-0.1, -0.05) is 0 Å². The van der Waals surface area contributed by atoms with Crippen LogP contribution in [0.4, 0.5) is 4.39 Å². The van der Waals surface area contributed by atoms with E-state index in [4.69, 9.17) is 19.6 Å². The first-order valence-electron chi connectivity index (χ1n) is 2.37. The van der Waals surface area contributed by atoms with Gasteiger partial charge >= 0.3 is 15.2 Å². The summed E-state index contributed by atoms with van der Waals surface area (Å²) in [5.74, 6) is -2.79. The summed E-state index contributed by atoms with van der Waals surface area (Å²) in [6.07, 6.45) is -1.45. The summed E-state index contributed by atoms with van der Waals surface area (Å²) in [5, 5.41) is 0. The van der Waals surface area contributed by atoms with E-state index in [-0.39, 0.29) is 0 Å². The summed E-state index contributed by atoms with van der Waals surface area (Å²) < 4.78 is 32.1. The minimum atomic E-state index is -5.01. The highest BCUT2D eigenvalue weighted by Gasteiger charge is 2.34. The molecule has 0 spiro atoms. The van der Waals surface area contributed by atoms with Gasteiger partial charge in [0.1, 0.15) is 0 Å². The SMILES string of the molecule is O=P(O)(O)CC(F)P(=O)(O)O. The van der Waals surface area contributed by atoms with E-state index in [1.165, 1.54) is 0 Å². The second-order valence-corrected chi connectivity index (χ2v) is 5.30. The number of alkyl halides is 1. The van der Waals surface area contributed by atoms with Crippen LogP contribution in [0, 0.1) is 0 Å². The van der Waals surface area contributed by atoms with Crippen LogP contribution in [-0.2, 0) is 9.13 Å². The molecule has 6 nitrogen and oxygen atoms in total. The summed E-state index contributed by atoms with van der Waals surface area (Å²) in [5.41, 5.74) is 0. The first kappa shape index (κ1) is 11.2. The van der Waals surface area contributed by atoms with Crippen molar-refractivity contribution >= 4 is 15.2 Å². The molecule has 0 aliphatic heterocycles. The maximum atomic E-state index is 12.2. The first-order valence-corrected chi connectivity index (χ1v) is 5.85. The van der Waals surface area contributed by atoms with Crippen LogP contribution in [-0.4, -0.2) is 31.6 Å². The third-order valence-electron chi connectivity index (χ3n) is 0.753. The van der Waals surface area contributed by atoms with Gasteiger partial charge in [-0.3, -0.25) is 9.13 Å². The first-order chi connectivity index (χ1) is 4.63. The Morgan fingerprint density at radius 1 is 1.18 bits per heavy atom. The monoisotopic (exact) mass is 208 g/mol. The van der Waals surface area contributed by atoms with Crippen molar-refractivity contribution < 1.29 is 33.1 Å². The van der Waals surface area contributed by atoms with E-state index in [2.05, 4.69) is 0 Å². The minimum absolute atomic E-state index is 1.45. The normalized spacial score (nSPS) is 16.5. The van der Waals surface area contributed by atoms with Gasteiger partial charge in [0, 0.05) is 0 Å². The van der Waals surface area contributed by atoms with Gasteiger partial charge in [-0.15, -0.1) is 0 Å². The van der Waals surface area contributed by atoms with Gasteiger partial charge in [0.2, 0.25) is 5.91 Å². The highest BCUT2D eigenvalue weighted by molar-refractivity contribution is 7.56. The standard InChI is InChI=1S/C2H7FO6P2/c3-2(11(7,8)9)1-10(4,5)6/h2H,1H2,(H2,4,5,6)(H2,7,8,9). The molecule has 1 unspecified atom stereocenters. The third kappa shape index (κ3) is 5.49. The molecule has 0 fully saturated rings. The molecular formula is C2H7FO6P2. The molecule has 0 aliphatic carbocycles. The molecule has 0 saturated carbocycles. The molecule has 11 heavy (non-hydrogen) atoms. The minimum Gasteiger partial charge on any atom is -0.324 e. The van der Waals surface area contributed by atoms with Crippen molar-refractivity contribution in [2.75, 3.05) is 6.16 Å². The number of rotatable bonds is 3. The molecule has 0 aromatic heterocycles. The van der Waals surface area contributed by atoms with Gasteiger partial charge in [0.15, 0.2) is 0 Å². The molecule has 4 N–H and O–H groups in total. The van der Waals surface area contributed by atoms with Gasteiger partial charge < -0.3 is 19.6 Å². The molecular weight excluding hydrogens is 201 g/mol. The Labute approximate surface area is 61.4 Å². The van der Waals surface area contributed by atoms with Crippen LogP contribution in [0.25, 0.3) is 0 Å². The lowest BCUT2D eigenvalue weighted by atomic mass is 10.9. The fourth-order valence-corrected chi connectivity index (χ4v) is 2.18. The van der Waals surface area contributed by atoms with Crippen LogP contribution < -0.4 is 0 Å². The molecule has 0 aromatic rings. The Kier molecular flexibility index (Phi) is 3.38. The van der Waals surface area contributed by atoms with Crippen molar-refractivity contribution in [1.82, 2.24) is 0 Å². The van der Waals surface area contributed by atoms with Crippen LogP contribution in [0.5, 0.6) is 0 Å². The van der Waals surface area contributed by atoms with Crippen molar-refractivity contribution in [3.63, 3.8) is 0 Å². The molecule has 0 rings (SSSR count). The van der Waals surface area contributed by atoms with Crippen LogP contribution in [0.2, 0.25) is 0 Å². The summed E-state index contributed by atoms with van der Waals surface area (Å²) in [6, 6.07) is 0. The van der Waals surface area contributed by atoms with Crippen LogP contribution in [0.1, 0.15) is 0 Å². The van der Waals surface area contributed by atoms with E-state index >= 15 is 0 Å². The lowest BCUT2D eigenvalue weighted by Crippen LogP contribution is -2.07. The van der Waals surface area contributed by atoms with Crippen LogP contribution >= 0.6 is 15.2 Å². The Balaban J connectivity index is 4.22. The van der Waals surface area contributed by atoms with Crippen LogP contribution in [0.3, 0.4) is 0 Å². The van der Waals surface area contributed by atoms with E-state index in [0.717, 1.165) is 0 Å². The largest absolute Gasteiger partial charge is 0.360 e. The Hall–Kier alpha value is 0.230. The van der Waals surface area contributed by atoms with Gasteiger partial charge in [0.05, 0.1) is 6.16 Å². The molecule has 0 bridgehead atoms. The fourth-order valence-electron chi connectivity index (χ4n) is 0.303. The molecule has 0 amide bonds. The van der Waals surface area contributed by atoms with Gasteiger partial charge in [-0.25, -0.2) is 4.39 Å². The fraction of sp³-hybridized carbons (Fsp3) is 1.00. The smallest absolute Gasteiger partial charge is 0.324 e. The number of hydrogen-bond acceptors (Lipinski definition) is 2. The zero-order valence-corrected chi connectivity index (χ0v) is 6.95. The third-order valence-corrected chi connectivity index (χ3v) is 2.75.